The highest BCUT2D eigenvalue weighted by atomic mass is 16.1. The van der Waals surface area contributed by atoms with Crippen molar-refractivity contribution in [1.29, 1.82) is 0 Å². The van der Waals surface area contributed by atoms with Gasteiger partial charge >= 0.3 is 0 Å². The largest absolute Gasteiger partial charge is 0.357 e. The van der Waals surface area contributed by atoms with Crippen LogP contribution in [0.25, 0.3) is 0 Å². The number of nitrogens with zero attached hydrogens (tertiary/aromatic N) is 2. The van der Waals surface area contributed by atoms with Gasteiger partial charge in [-0.15, -0.1) is 0 Å². The minimum Gasteiger partial charge on any atom is -0.357 e. The Morgan fingerprint density at radius 2 is 2.00 bits per heavy atom. The van der Waals surface area contributed by atoms with Crippen LogP contribution < -0.4 is 10.2 Å². The highest BCUT2D eigenvalue weighted by molar-refractivity contribution is 5.90. The average molecular weight is 221 g/mol. The van der Waals surface area contributed by atoms with E-state index in [1.54, 1.807) is 6.20 Å². The molecule has 0 atom stereocenters. The summed E-state index contributed by atoms with van der Waals surface area (Å²) in [6.07, 6.45) is 2.18. The fourth-order valence-electron chi connectivity index (χ4n) is 1.44. The standard InChI is InChI=1S/C12H19N3O/c1-4-12(16)14-10-7-8-11(13-9-10)15(5-2)6-3/h7-9H,4-6H2,1-3H3,(H,14,16). The van der Waals surface area contributed by atoms with Gasteiger partial charge in [0.25, 0.3) is 0 Å². The summed E-state index contributed by atoms with van der Waals surface area (Å²) in [6, 6.07) is 3.81. The summed E-state index contributed by atoms with van der Waals surface area (Å²) in [5, 5.41) is 2.77. The molecule has 88 valence electrons. The summed E-state index contributed by atoms with van der Waals surface area (Å²) in [7, 11) is 0. The van der Waals surface area contributed by atoms with E-state index in [-0.39, 0.29) is 5.91 Å². The molecular weight excluding hydrogens is 202 g/mol. The Morgan fingerprint density at radius 1 is 1.31 bits per heavy atom. The molecule has 16 heavy (non-hydrogen) atoms. The third kappa shape index (κ3) is 3.22. The van der Waals surface area contributed by atoms with Crippen LogP contribution in [0.15, 0.2) is 18.3 Å². The van der Waals surface area contributed by atoms with E-state index in [1.807, 2.05) is 19.1 Å². The number of aromatic nitrogens is 1. The lowest BCUT2D eigenvalue weighted by atomic mass is 10.3. The van der Waals surface area contributed by atoms with Gasteiger partial charge in [0.1, 0.15) is 5.82 Å². The second kappa shape index (κ2) is 6.10. The molecule has 1 heterocycles. The Bertz CT molecular complexity index is 331. The number of rotatable bonds is 5. The average Bonchev–Trinajstić information content (AvgIpc) is 2.32. The molecule has 0 fully saturated rings. The lowest BCUT2D eigenvalue weighted by Crippen LogP contribution is -2.22. The van der Waals surface area contributed by atoms with Gasteiger partial charge in [0.2, 0.25) is 5.91 Å². The Balaban J connectivity index is 2.70. The molecule has 0 saturated carbocycles. The van der Waals surface area contributed by atoms with Gasteiger partial charge < -0.3 is 10.2 Å². The first kappa shape index (κ1) is 12.5. The predicted molar refractivity (Wildman–Crippen MR) is 66.7 cm³/mol. The van der Waals surface area contributed by atoms with Crippen LogP contribution >= 0.6 is 0 Å². The van der Waals surface area contributed by atoms with Crippen molar-refractivity contribution in [3.63, 3.8) is 0 Å². The lowest BCUT2D eigenvalue weighted by molar-refractivity contribution is -0.115. The molecule has 0 saturated heterocycles. The number of carbonyl (C=O) groups excluding carboxylic acids is 1. The number of hydrogen-bond acceptors (Lipinski definition) is 3. The van der Waals surface area contributed by atoms with Crippen molar-refractivity contribution in [2.75, 3.05) is 23.3 Å². The van der Waals surface area contributed by atoms with Gasteiger partial charge in [0.05, 0.1) is 11.9 Å². The van der Waals surface area contributed by atoms with Gasteiger partial charge in [-0.3, -0.25) is 4.79 Å². The van der Waals surface area contributed by atoms with Crippen LogP contribution in [-0.2, 0) is 4.79 Å². The van der Waals surface area contributed by atoms with Crippen molar-refractivity contribution < 1.29 is 4.79 Å². The highest BCUT2D eigenvalue weighted by Gasteiger charge is 2.03. The monoisotopic (exact) mass is 221 g/mol. The molecule has 0 radical (unpaired) electrons. The smallest absolute Gasteiger partial charge is 0.224 e. The molecule has 0 spiro atoms. The van der Waals surface area contributed by atoms with Crippen molar-refractivity contribution in [3.05, 3.63) is 18.3 Å². The molecule has 1 amide bonds. The van der Waals surface area contributed by atoms with E-state index >= 15 is 0 Å². The first-order chi connectivity index (χ1) is 7.71. The van der Waals surface area contributed by atoms with Gasteiger partial charge in [-0.05, 0) is 26.0 Å². The summed E-state index contributed by atoms with van der Waals surface area (Å²) < 4.78 is 0. The third-order valence-electron chi connectivity index (χ3n) is 2.44. The van der Waals surface area contributed by atoms with Crippen molar-refractivity contribution in [3.8, 4) is 0 Å². The fraction of sp³-hybridized carbons (Fsp3) is 0.500. The number of nitrogens with one attached hydrogen (secondary N) is 1. The second-order valence-electron chi connectivity index (χ2n) is 3.48. The zero-order valence-electron chi connectivity index (χ0n) is 10.2. The Morgan fingerprint density at radius 3 is 2.44 bits per heavy atom. The number of hydrogen-bond donors (Lipinski definition) is 1. The van der Waals surface area contributed by atoms with Gasteiger partial charge in [-0.25, -0.2) is 4.98 Å². The van der Waals surface area contributed by atoms with Crippen LogP contribution in [0.1, 0.15) is 27.2 Å². The van der Waals surface area contributed by atoms with Crippen LogP contribution in [0.4, 0.5) is 11.5 Å². The number of amides is 1. The van der Waals surface area contributed by atoms with Gasteiger partial charge in [-0.2, -0.15) is 0 Å². The van der Waals surface area contributed by atoms with Crippen molar-refractivity contribution in [2.24, 2.45) is 0 Å². The van der Waals surface area contributed by atoms with E-state index in [9.17, 15) is 4.79 Å². The molecule has 0 aliphatic rings. The Kier molecular flexibility index (Phi) is 4.76. The van der Waals surface area contributed by atoms with Crippen LogP contribution in [-0.4, -0.2) is 24.0 Å². The van der Waals surface area contributed by atoms with Crippen LogP contribution in [0.2, 0.25) is 0 Å². The molecule has 1 aromatic heterocycles. The highest BCUT2D eigenvalue weighted by Crippen LogP contribution is 2.13. The number of anilines is 2. The molecule has 0 aliphatic carbocycles. The molecule has 0 aromatic carbocycles. The first-order valence-corrected chi connectivity index (χ1v) is 5.72. The van der Waals surface area contributed by atoms with E-state index in [1.165, 1.54) is 0 Å². The molecule has 0 unspecified atom stereocenters. The summed E-state index contributed by atoms with van der Waals surface area (Å²) >= 11 is 0. The molecule has 0 aliphatic heterocycles. The molecule has 4 heteroatoms. The van der Waals surface area contributed by atoms with E-state index in [2.05, 4.69) is 29.0 Å². The molecule has 4 nitrogen and oxygen atoms in total. The van der Waals surface area contributed by atoms with Gasteiger partial charge in [-0.1, -0.05) is 6.92 Å². The van der Waals surface area contributed by atoms with Crippen molar-refractivity contribution >= 4 is 17.4 Å². The summed E-state index contributed by atoms with van der Waals surface area (Å²) in [5.41, 5.74) is 0.753. The van der Waals surface area contributed by atoms with Crippen LogP contribution in [0.5, 0.6) is 0 Å². The van der Waals surface area contributed by atoms with E-state index in [0.29, 0.717) is 6.42 Å². The first-order valence-electron chi connectivity index (χ1n) is 5.72. The zero-order valence-corrected chi connectivity index (χ0v) is 10.2. The maximum Gasteiger partial charge on any atom is 0.224 e. The van der Waals surface area contributed by atoms with Crippen molar-refractivity contribution in [2.45, 2.75) is 27.2 Å². The SMILES string of the molecule is CCC(=O)Nc1ccc(N(CC)CC)nc1. The number of carbonyl (C=O) groups is 1. The summed E-state index contributed by atoms with van der Waals surface area (Å²) in [4.78, 5) is 17.6. The quantitative estimate of drug-likeness (QED) is 0.829. The minimum absolute atomic E-state index is 0.0115. The fourth-order valence-corrected chi connectivity index (χ4v) is 1.44. The second-order valence-corrected chi connectivity index (χ2v) is 3.48. The molecule has 0 bridgehead atoms. The Hall–Kier alpha value is -1.58. The molecule has 1 aromatic rings. The summed E-state index contributed by atoms with van der Waals surface area (Å²) in [5.74, 6) is 0.955. The lowest BCUT2D eigenvalue weighted by Gasteiger charge is -2.19. The van der Waals surface area contributed by atoms with E-state index in [0.717, 1.165) is 24.6 Å². The van der Waals surface area contributed by atoms with Crippen molar-refractivity contribution in [1.82, 2.24) is 4.98 Å². The normalized spacial score (nSPS) is 9.94. The number of pyridine rings is 1. The molecule has 1 N–H and O–H groups in total. The Labute approximate surface area is 96.7 Å². The van der Waals surface area contributed by atoms with E-state index in [4.69, 9.17) is 0 Å². The van der Waals surface area contributed by atoms with Crippen LogP contribution in [0, 0.1) is 0 Å². The van der Waals surface area contributed by atoms with Gasteiger partial charge in [0, 0.05) is 19.5 Å². The minimum atomic E-state index is 0.0115. The maximum absolute atomic E-state index is 11.2. The zero-order chi connectivity index (χ0) is 12.0. The van der Waals surface area contributed by atoms with Crippen LogP contribution in [0.3, 0.4) is 0 Å². The maximum atomic E-state index is 11.2. The molecule has 1 rings (SSSR count). The third-order valence-corrected chi connectivity index (χ3v) is 2.44. The van der Waals surface area contributed by atoms with Gasteiger partial charge in [0.15, 0.2) is 0 Å². The van der Waals surface area contributed by atoms with E-state index < -0.39 is 0 Å². The molecular formula is C12H19N3O. The topological polar surface area (TPSA) is 45.2 Å². The predicted octanol–water partition coefficient (Wildman–Crippen LogP) is 2.28. The summed E-state index contributed by atoms with van der Waals surface area (Å²) in [6.45, 7) is 7.89.